The summed E-state index contributed by atoms with van der Waals surface area (Å²) in [5.74, 6) is 0.809. The molecule has 0 aliphatic carbocycles. The maximum absolute atomic E-state index is 12.9. The molecule has 0 bridgehead atoms. The first-order valence-corrected chi connectivity index (χ1v) is 22.2. The summed E-state index contributed by atoms with van der Waals surface area (Å²) in [6.07, 6.45) is 6.44. The minimum absolute atomic E-state index is 0.176. The van der Waals surface area contributed by atoms with Crippen molar-refractivity contribution in [1.82, 2.24) is 0 Å². The Morgan fingerprint density at radius 2 is 1.39 bits per heavy atom. The summed E-state index contributed by atoms with van der Waals surface area (Å²) < 4.78 is 15.0. The minimum atomic E-state index is -0.519. The summed E-state index contributed by atoms with van der Waals surface area (Å²) in [6.45, 7) is 17.1. The number of aryl methyl sites for hydroxylation is 1. The van der Waals surface area contributed by atoms with E-state index < -0.39 is 11.2 Å². The predicted octanol–water partition coefficient (Wildman–Crippen LogP) is 8.46. The number of para-hydroxylation sites is 2. The van der Waals surface area contributed by atoms with Crippen LogP contribution in [-0.2, 0) is 32.0 Å². The van der Waals surface area contributed by atoms with Crippen molar-refractivity contribution in [2.75, 3.05) is 83.8 Å². The van der Waals surface area contributed by atoms with Crippen LogP contribution in [0.4, 0.5) is 11.5 Å². The second-order valence-corrected chi connectivity index (χ2v) is 20.7. The Labute approximate surface area is 357 Å². The van der Waals surface area contributed by atoms with Crippen molar-refractivity contribution in [2.24, 2.45) is 0 Å². The fraction of sp³-hybridized carbons (Fsp3) is 0.490. The molecular weight excluding hydrogens is 755 g/mol. The molecule has 4 aromatic rings. The molecular formula is C49H68N5O4S+3. The molecule has 10 heteroatoms. The largest absolute Gasteiger partial charge is 0.456 e. The zero-order chi connectivity index (χ0) is 42.6. The van der Waals surface area contributed by atoms with Crippen LogP contribution in [0.25, 0.3) is 17.0 Å². The Morgan fingerprint density at radius 1 is 0.797 bits per heavy atom. The Balaban J connectivity index is 1.38. The van der Waals surface area contributed by atoms with E-state index in [0.29, 0.717) is 22.1 Å². The normalized spacial score (nSPS) is 15.1. The fourth-order valence-electron chi connectivity index (χ4n) is 8.34. The molecule has 0 fully saturated rings. The van der Waals surface area contributed by atoms with Crippen molar-refractivity contribution in [3.63, 3.8) is 0 Å². The summed E-state index contributed by atoms with van der Waals surface area (Å²) >= 11 is 1.88. The molecule has 0 amide bonds. The van der Waals surface area contributed by atoms with Crippen LogP contribution >= 0.6 is 11.8 Å². The molecule has 0 radical (unpaired) electrons. The number of fused-ring (bicyclic) bond motifs is 1. The number of esters is 2. The van der Waals surface area contributed by atoms with Gasteiger partial charge in [-0.2, -0.15) is 0 Å². The molecule has 3 heterocycles. The highest BCUT2D eigenvalue weighted by molar-refractivity contribution is 8.03. The van der Waals surface area contributed by atoms with Gasteiger partial charge in [0, 0.05) is 35.7 Å². The van der Waals surface area contributed by atoms with Crippen molar-refractivity contribution < 1.29 is 32.6 Å². The lowest BCUT2D eigenvalue weighted by molar-refractivity contribution is -0.883. The standard InChI is InChI=1S/C49H68N5O4S/c1-48(2,3)57-45(55)35-53(7,8)30-18-27-50(28-19-31-54(9,10)36-46(56)58-49(4,5)6)43-32-39(33-44-51-29-17-23-38-22-16-26-42(59-44)47(38)51)40-24-14-15-25-41(40)52(43)34-37-20-12-11-13-21-37/h11-16,20-22,24-26,32-33H,17-19,23,27-31,34-36H2,1-10H3/q+3. The highest BCUT2D eigenvalue weighted by Gasteiger charge is 2.33. The summed E-state index contributed by atoms with van der Waals surface area (Å²) in [7, 11) is 8.46. The number of aromatic nitrogens is 1. The lowest BCUT2D eigenvalue weighted by Gasteiger charge is -2.32. The molecule has 2 aliphatic rings. The van der Waals surface area contributed by atoms with E-state index in [1.807, 2.05) is 53.3 Å². The number of hydrogen-bond acceptors (Lipinski definition) is 7. The number of quaternary nitrogens is 2. The average Bonchev–Trinajstić information content (AvgIpc) is 3.48. The predicted molar refractivity (Wildman–Crippen MR) is 242 cm³/mol. The molecule has 0 saturated heterocycles. The molecule has 316 valence electrons. The molecule has 0 saturated carbocycles. The van der Waals surface area contributed by atoms with Gasteiger partial charge in [-0.05, 0) is 89.3 Å². The average molecular weight is 823 g/mol. The summed E-state index contributed by atoms with van der Waals surface area (Å²) in [5, 5.41) is 2.50. The van der Waals surface area contributed by atoms with Gasteiger partial charge in [0.25, 0.3) is 5.82 Å². The van der Waals surface area contributed by atoms with E-state index in [1.165, 1.54) is 43.2 Å². The molecule has 1 aromatic heterocycles. The molecule has 6 rings (SSSR count). The SMILES string of the molecule is CC(C)(C)OC(=O)C[N+](C)(C)CCCN(CCC[N+](C)(C)CC(=O)OC(C)(C)C)c1cc(/C=C2\Sc3cccc4c3N2CCC4)c2ccccc2[n+]1Cc1ccccc1. The van der Waals surface area contributed by atoms with Crippen molar-refractivity contribution in [3.05, 3.63) is 101 Å². The number of rotatable bonds is 16. The number of benzene rings is 3. The highest BCUT2D eigenvalue weighted by atomic mass is 32.2. The third kappa shape index (κ3) is 12.1. The lowest BCUT2D eigenvalue weighted by Crippen LogP contribution is -2.49. The van der Waals surface area contributed by atoms with Gasteiger partial charge in [-0.3, -0.25) is 4.90 Å². The van der Waals surface area contributed by atoms with Gasteiger partial charge in [-0.25, -0.2) is 14.2 Å². The van der Waals surface area contributed by atoms with Crippen LogP contribution in [0.2, 0.25) is 0 Å². The van der Waals surface area contributed by atoms with Crippen LogP contribution in [0, 0.1) is 0 Å². The zero-order valence-corrected chi connectivity index (χ0v) is 38.2. The first-order chi connectivity index (χ1) is 27.8. The number of ether oxygens (including phenoxy) is 2. The van der Waals surface area contributed by atoms with E-state index in [0.717, 1.165) is 70.8 Å². The topological polar surface area (TPSA) is 63.0 Å². The van der Waals surface area contributed by atoms with Gasteiger partial charge in [-0.15, -0.1) is 0 Å². The number of carbonyl (C=O) groups excluding carboxylic acids is 2. The second kappa shape index (κ2) is 18.1. The Hall–Kier alpha value is -4.38. The smallest absolute Gasteiger partial charge is 0.362 e. The van der Waals surface area contributed by atoms with Crippen molar-refractivity contribution in [2.45, 2.75) is 89.9 Å². The Bertz CT molecular complexity index is 2100. The van der Waals surface area contributed by atoms with Crippen LogP contribution in [0.5, 0.6) is 0 Å². The molecule has 9 nitrogen and oxygen atoms in total. The third-order valence-electron chi connectivity index (χ3n) is 10.9. The summed E-state index contributed by atoms with van der Waals surface area (Å²) in [6, 6.07) is 28.7. The molecule has 59 heavy (non-hydrogen) atoms. The number of pyridine rings is 1. The van der Waals surface area contributed by atoms with Gasteiger partial charge < -0.3 is 23.3 Å². The quantitative estimate of drug-likeness (QED) is 0.0639. The maximum Gasteiger partial charge on any atom is 0.362 e. The lowest BCUT2D eigenvalue weighted by atomic mass is 10.0. The second-order valence-electron chi connectivity index (χ2n) is 19.7. The summed E-state index contributed by atoms with van der Waals surface area (Å²) in [5.41, 5.74) is 5.42. The summed E-state index contributed by atoms with van der Waals surface area (Å²) in [4.78, 5) is 32.3. The van der Waals surface area contributed by atoms with Crippen molar-refractivity contribution in [3.8, 4) is 0 Å². The molecule has 0 atom stereocenters. The van der Waals surface area contributed by atoms with Crippen LogP contribution in [0.1, 0.15) is 77.5 Å². The Morgan fingerprint density at radius 3 is 2.00 bits per heavy atom. The molecule has 2 aliphatic heterocycles. The van der Waals surface area contributed by atoms with Crippen molar-refractivity contribution in [1.29, 1.82) is 0 Å². The van der Waals surface area contributed by atoms with Gasteiger partial charge in [0.2, 0.25) is 0 Å². The van der Waals surface area contributed by atoms with Crippen LogP contribution in [0.3, 0.4) is 0 Å². The highest BCUT2D eigenvalue weighted by Crippen LogP contribution is 2.50. The number of carbonyl (C=O) groups is 2. The number of hydrogen-bond donors (Lipinski definition) is 0. The first-order valence-electron chi connectivity index (χ1n) is 21.4. The molecule has 0 spiro atoms. The number of anilines is 2. The van der Waals surface area contributed by atoms with E-state index in [-0.39, 0.29) is 11.9 Å². The minimum Gasteiger partial charge on any atom is -0.456 e. The van der Waals surface area contributed by atoms with E-state index in [9.17, 15) is 9.59 Å². The zero-order valence-electron chi connectivity index (χ0n) is 37.3. The molecule has 0 N–H and O–H groups in total. The number of nitrogens with zero attached hydrogens (tertiary/aromatic N) is 5. The molecule has 0 unspecified atom stereocenters. The molecule has 3 aromatic carbocycles. The van der Waals surface area contributed by atoms with E-state index >= 15 is 0 Å². The third-order valence-corrected chi connectivity index (χ3v) is 11.9. The fourth-order valence-corrected chi connectivity index (χ4v) is 9.52. The van der Waals surface area contributed by atoms with E-state index in [4.69, 9.17) is 9.47 Å². The van der Waals surface area contributed by atoms with E-state index in [2.05, 4.69) is 127 Å². The van der Waals surface area contributed by atoms with Crippen LogP contribution in [-0.4, -0.2) is 106 Å². The van der Waals surface area contributed by atoms with Gasteiger partial charge in [0.15, 0.2) is 13.1 Å². The number of thioether (sulfide) groups is 1. The monoisotopic (exact) mass is 822 g/mol. The Kier molecular flexibility index (Phi) is 13.5. The first kappa shape index (κ1) is 44.2. The van der Waals surface area contributed by atoms with Gasteiger partial charge in [0.05, 0.1) is 65.1 Å². The number of likely N-dealkylation sites (N-methyl/N-ethyl adjacent to an activating group) is 2. The van der Waals surface area contributed by atoms with Gasteiger partial charge in [0.1, 0.15) is 23.3 Å². The van der Waals surface area contributed by atoms with Gasteiger partial charge >= 0.3 is 11.9 Å². The van der Waals surface area contributed by atoms with Crippen LogP contribution in [0.15, 0.2) is 88.8 Å². The van der Waals surface area contributed by atoms with E-state index in [1.54, 1.807) is 0 Å². The van der Waals surface area contributed by atoms with Crippen LogP contribution < -0.4 is 14.4 Å². The van der Waals surface area contributed by atoms with Crippen molar-refractivity contribution >= 4 is 52.2 Å². The maximum atomic E-state index is 12.9. The van der Waals surface area contributed by atoms with Gasteiger partial charge in [-0.1, -0.05) is 72.4 Å².